The largest absolute Gasteiger partial charge is 0.478 e. The van der Waals surface area contributed by atoms with E-state index < -0.39 is 5.97 Å². The number of benzene rings is 1. The average molecular weight is 229 g/mol. The van der Waals surface area contributed by atoms with Crippen molar-refractivity contribution in [3.8, 4) is 0 Å². The van der Waals surface area contributed by atoms with Gasteiger partial charge in [-0.05, 0) is 12.1 Å². The molecule has 0 aliphatic carbocycles. The fourth-order valence-corrected chi connectivity index (χ4v) is 0.581. The second-order valence-electron chi connectivity index (χ2n) is 1.67. The van der Waals surface area contributed by atoms with Gasteiger partial charge in [0.25, 0.3) is 0 Å². The minimum atomic E-state index is -0.879. The first-order chi connectivity index (χ1) is 4.30. The first kappa shape index (κ1) is 17.7. The number of halogens is 2. The molecule has 0 aromatic heterocycles. The summed E-state index contributed by atoms with van der Waals surface area (Å²) in [6.45, 7) is 0. The van der Waals surface area contributed by atoms with Gasteiger partial charge < -0.3 is 5.11 Å². The van der Waals surface area contributed by atoms with Crippen LogP contribution in [0, 0.1) is 0 Å². The smallest absolute Gasteiger partial charge is 0.335 e. The second-order valence-corrected chi connectivity index (χ2v) is 1.67. The number of carboxylic acid groups (broad SMARTS) is 1. The van der Waals surface area contributed by atoms with Gasteiger partial charge in [-0.15, -0.1) is 24.8 Å². The Balaban J connectivity index is -0.000000270. The van der Waals surface area contributed by atoms with Gasteiger partial charge in [-0.1, -0.05) is 18.2 Å². The summed E-state index contributed by atoms with van der Waals surface area (Å²) in [6, 6.07) is 8.30. The third kappa shape index (κ3) is 5.36. The fraction of sp³-hybridized carbons (Fsp3) is 0. The van der Waals surface area contributed by atoms with Gasteiger partial charge in [-0.2, -0.15) is 9.90 Å². The van der Waals surface area contributed by atoms with E-state index in [4.69, 9.17) is 5.11 Å². The molecule has 1 aromatic rings. The Hall–Kier alpha value is -0.300. The van der Waals surface area contributed by atoms with E-state index in [9.17, 15) is 4.79 Å². The van der Waals surface area contributed by atoms with Crippen LogP contribution in [0.1, 0.15) is 10.4 Å². The zero-order chi connectivity index (χ0) is 6.69. The maximum absolute atomic E-state index is 10.2. The molecule has 70 valence electrons. The van der Waals surface area contributed by atoms with Gasteiger partial charge in [-0.3, -0.25) is 0 Å². The Kier molecular flexibility index (Phi) is 13.0. The molecule has 0 fully saturated rings. The summed E-state index contributed by atoms with van der Waals surface area (Å²) in [7, 11) is 0. The van der Waals surface area contributed by atoms with Crippen molar-refractivity contribution in [1.82, 2.24) is 0 Å². The number of hydrogen-bond acceptors (Lipinski definition) is 1. The van der Waals surface area contributed by atoms with E-state index in [2.05, 4.69) is 0 Å². The SMILES string of the molecule is Cl.Cl.O=C(O)c1ccccc1.P. The van der Waals surface area contributed by atoms with Crippen LogP contribution in [0.2, 0.25) is 0 Å². The number of aromatic carboxylic acids is 1. The van der Waals surface area contributed by atoms with Crippen LogP contribution in [-0.4, -0.2) is 11.1 Å². The third-order valence-corrected chi connectivity index (χ3v) is 1.02. The fourth-order valence-electron chi connectivity index (χ4n) is 0.581. The quantitative estimate of drug-likeness (QED) is 0.750. The molecule has 0 bridgehead atoms. The minimum absolute atomic E-state index is 0. The summed E-state index contributed by atoms with van der Waals surface area (Å²) >= 11 is 0. The molecule has 1 atom stereocenters. The summed E-state index contributed by atoms with van der Waals surface area (Å²) in [4.78, 5) is 10.2. The predicted octanol–water partition coefficient (Wildman–Crippen LogP) is 2.29. The molecule has 1 N–H and O–H groups in total. The van der Waals surface area contributed by atoms with Crippen LogP contribution >= 0.6 is 34.7 Å². The summed E-state index contributed by atoms with van der Waals surface area (Å²) in [6.07, 6.45) is 0. The number of hydrogen-bond donors (Lipinski definition) is 1. The highest BCUT2D eigenvalue weighted by Gasteiger charge is 1.96. The zero-order valence-electron chi connectivity index (χ0n) is 6.27. The van der Waals surface area contributed by atoms with Crippen LogP contribution in [0.3, 0.4) is 0 Å². The number of rotatable bonds is 1. The summed E-state index contributed by atoms with van der Waals surface area (Å²) in [5.41, 5.74) is 0.331. The van der Waals surface area contributed by atoms with Crippen molar-refractivity contribution in [3.63, 3.8) is 0 Å². The van der Waals surface area contributed by atoms with Crippen LogP contribution in [0.25, 0.3) is 0 Å². The van der Waals surface area contributed by atoms with Crippen LogP contribution in [-0.2, 0) is 0 Å². The van der Waals surface area contributed by atoms with Gasteiger partial charge in [0, 0.05) is 0 Å². The van der Waals surface area contributed by atoms with E-state index in [1.165, 1.54) is 0 Å². The Labute approximate surface area is 86.8 Å². The number of carboxylic acids is 1. The summed E-state index contributed by atoms with van der Waals surface area (Å²) in [5.74, 6) is -0.879. The molecule has 1 rings (SSSR count). The van der Waals surface area contributed by atoms with Crippen molar-refractivity contribution in [1.29, 1.82) is 0 Å². The van der Waals surface area contributed by atoms with Crippen molar-refractivity contribution in [3.05, 3.63) is 35.9 Å². The summed E-state index contributed by atoms with van der Waals surface area (Å²) in [5, 5.41) is 8.38. The van der Waals surface area contributed by atoms with Crippen LogP contribution in [0.4, 0.5) is 0 Å². The molecular formula is C7H11Cl2O2P. The Morgan fingerprint density at radius 3 is 1.75 bits per heavy atom. The van der Waals surface area contributed by atoms with Crippen LogP contribution in [0.15, 0.2) is 30.3 Å². The standard InChI is InChI=1S/C7H6O2.2ClH.H3P/c8-7(9)6-4-2-1-3-5-6;;;/h1-5H,(H,8,9);2*1H;1H3. The van der Waals surface area contributed by atoms with Gasteiger partial charge in [0.05, 0.1) is 5.56 Å². The average Bonchev–Trinajstić information content (AvgIpc) is 1.90. The molecule has 0 heterocycles. The lowest BCUT2D eigenvalue weighted by molar-refractivity contribution is 0.0697. The van der Waals surface area contributed by atoms with Crippen molar-refractivity contribution in [2.45, 2.75) is 0 Å². The molecule has 12 heavy (non-hydrogen) atoms. The molecule has 0 saturated heterocycles. The maximum Gasteiger partial charge on any atom is 0.335 e. The lowest BCUT2D eigenvalue weighted by atomic mass is 10.2. The van der Waals surface area contributed by atoms with Gasteiger partial charge in [0.15, 0.2) is 0 Å². The predicted molar refractivity (Wildman–Crippen MR) is 59.0 cm³/mol. The van der Waals surface area contributed by atoms with Crippen molar-refractivity contribution in [2.75, 3.05) is 0 Å². The molecule has 0 aliphatic rings. The second kappa shape index (κ2) is 8.79. The Morgan fingerprint density at radius 1 is 1.08 bits per heavy atom. The molecule has 1 aromatic carbocycles. The number of carbonyl (C=O) groups is 1. The van der Waals surface area contributed by atoms with Crippen molar-refractivity contribution < 1.29 is 9.90 Å². The normalized spacial score (nSPS) is 6.67. The van der Waals surface area contributed by atoms with E-state index in [1.54, 1.807) is 30.3 Å². The zero-order valence-corrected chi connectivity index (χ0v) is 9.31. The first-order valence-electron chi connectivity index (χ1n) is 2.59. The Bertz CT molecular complexity index is 216. The van der Waals surface area contributed by atoms with Gasteiger partial charge >= 0.3 is 5.97 Å². The van der Waals surface area contributed by atoms with Gasteiger partial charge in [-0.25, -0.2) is 4.79 Å². The topological polar surface area (TPSA) is 37.3 Å². The third-order valence-electron chi connectivity index (χ3n) is 1.02. The highest BCUT2D eigenvalue weighted by Crippen LogP contribution is 1.96. The molecule has 0 radical (unpaired) electrons. The van der Waals surface area contributed by atoms with E-state index in [-0.39, 0.29) is 34.7 Å². The highest BCUT2D eigenvalue weighted by atomic mass is 35.5. The van der Waals surface area contributed by atoms with Crippen molar-refractivity contribution >= 4 is 40.7 Å². The first-order valence-corrected chi connectivity index (χ1v) is 2.59. The molecule has 0 amide bonds. The lowest BCUT2D eigenvalue weighted by Gasteiger charge is -1.88. The molecule has 1 unspecified atom stereocenters. The van der Waals surface area contributed by atoms with E-state index >= 15 is 0 Å². The lowest BCUT2D eigenvalue weighted by Crippen LogP contribution is -1.93. The molecule has 0 saturated carbocycles. The van der Waals surface area contributed by atoms with Crippen LogP contribution in [0.5, 0.6) is 0 Å². The van der Waals surface area contributed by atoms with Crippen molar-refractivity contribution in [2.24, 2.45) is 0 Å². The van der Waals surface area contributed by atoms with Gasteiger partial charge in [0.1, 0.15) is 0 Å². The monoisotopic (exact) mass is 228 g/mol. The van der Waals surface area contributed by atoms with Gasteiger partial charge in [0.2, 0.25) is 0 Å². The summed E-state index contributed by atoms with van der Waals surface area (Å²) < 4.78 is 0. The molecule has 5 heteroatoms. The van der Waals surface area contributed by atoms with E-state index in [1.807, 2.05) is 0 Å². The molecular weight excluding hydrogens is 218 g/mol. The minimum Gasteiger partial charge on any atom is -0.478 e. The van der Waals surface area contributed by atoms with E-state index in [0.29, 0.717) is 5.56 Å². The molecule has 0 aliphatic heterocycles. The maximum atomic E-state index is 10.2. The Morgan fingerprint density at radius 2 is 1.50 bits per heavy atom. The van der Waals surface area contributed by atoms with E-state index in [0.717, 1.165) is 0 Å². The molecule has 2 nitrogen and oxygen atoms in total. The highest BCUT2D eigenvalue weighted by molar-refractivity contribution is 6.92. The molecule has 0 spiro atoms. The van der Waals surface area contributed by atoms with Crippen LogP contribution < -0.4 is 0 Å².